The van der Waals surface area contributed by atoms with Crippen LogP contribution in [0.3, 0.4) is 0 Å². The fourth-order valence-corrected chi connectivity index (χ4v) is 2.89. The smallest absolute Gasteiger partial charge is 0.264 e. The molecule has 29 heavy (non-hydrogen) atoms. The van der Waals surface area contributed by atoms with Crippen molar-refractivity contribution >= 4 is 45.1 Å². The number of anilines is 1. The minimum absolute atomic E-state index is 0.173. The molecule has 14 heteroatoms. The van der Waals surface area contributed by atoms with Crippen LogP contribution in [0.4, 0.5) is 22.7 Å². The van der Waals surface area contributed by atoms with Crippen LogP contribution >= 0.6 is 11.6 Å². The van der Waals surface area contributed by atoms with Gasteiger partial charge in [-0.15, -0.1) is 0 Å². The molecule has 0 amide bonds. The van der Waals surface area contributed by atoms with Crippen molar-refractivity contribution in [2.75, 3.05) is 5.43 Å². The van der Waals surface area contributed by atoms with Gasteiger partial charge >= 0.3 is 11.4 Å². The van der Waals surface area contributed by atoms with Crippen molar-refractivity contribution in [1.82, 2.24) is 9.78 Å². The topological polar surface area (TPSA) is 172 Å². The first kappa shape index (κ1) is 19.6. The summed E-state index contributed by atoms with van der Waals surface area (Å²) in [5.41, 5.74) is -0.676. The molecule has 3 aromatic rings. The van der Waals surface area contributed by atoms with Crippen LogP contribution in [0.25, 0.3) is 10.8 Å². The fourth-order valence-electron chi connectivity index (χ4n) is 2.61. The Morgan fingerprint density at radius 3 is 2.07 bits per heavy atom. The van der Waals surface area contributed by atoms with Gasteiger partial charge in [0.2, 0.25) is 5.69 Å². The number of rotatable bonds is 5. The number of nitrogens with one attached hydrogen (secondary N) is 1. The fraction of sp³-hybridized carbons (Fsp3) is 0.0667. The third-order valence-electron chi connectivity index (χ3n) is 3.89. The first-order valence-electron chi connectivity index (χ1n) is 7.73. The number of fused-ring (bicyclic) bond motifs is 1. The summed E-state index contributed by atoms with van der Waals surface area (Å²) in [7, 11) is 1.51. The molecule has 1 N–H and O–H groups in total. The maximum Gasteiger partial charge on any atom is 0.308 e. The first-order valence-corrected chi connectivity index (χ1v) is 8.11. The summed E-state index contributed by atoms with van der Waals surface area (Å²) in [5, 5.41) is 43.0. The van der Waals surface area contributed by atoms with Gasteiger partial charge in [-0.05, 0) is 0 Å². The molecule has 0 atom stereocenters. The van der Waals surface area contributed by atoms with Gasteiger partial charge in [0.25, 0.3) is 5.69 Å². The number of hydrogen-bond donors (Lipinski definition) is 1. The molecule has 0 aliphatic heterocycles. The van der Waals surface area contributed by atoms with E-state index in [2.05, 4.69) is 15.6 Å². The summed E-state index contributed by atoms with van der Waals surface area (Å²) >= 11 is 6.10. The van der Waals surface area contributed by atoms with E-state index in [9.17, 15) is 30.3 Å². The Morgan fingerprint density at radius 2 is 1.55 bits per heavy atom. The van der Waals surface area contributed by atoms with Crippen LogP contribution < -0.4 is 10.9 Å². The molecule has 0 saturated carbocycles. The quantitative estimate of drug-likeness (QED) is 0.485. The van der Waals surface area contributed by atoms with E-state index < -0.39 is 37.5 Å². The molecule has 2 aromatic carbocycles. The molecule has 0 radical (unpaired) electrons. The number of nitro groups is 3. The molecule has 0 spiro atoms. The molecule has 0 bridgehead atoms. The minimum atomic E-state index is -0.976. The molecule has 0 aliphatic carbocycles. The van der Waals surface area contributed by atoms with Crippen molar-refractivity contribution in [3.05, 3.63) is 77.4 Å². The predicted octanol–water partition coefficient (Wildman–Crippen LogP) is 2.88. The van der Waals surface area contributed by atoms with Gasteiger partial charge in [0.1, 0.15) is 0 Å². The SMILES string of the molecule is Cn1nc(Cl)c2ccccc2/c1=N\Nc1c([N+](=O)[O-])cc([N+](=O)[O-])cc1[N+](=O)[O-]. The lowest BCUT2D eigenvalue weighted by molar-refractivity contribution is -0.401. The van der Waals surface area contributed by atoms with Crippen LogP contribution in [-0.4, -0.2) is 24.6 Å². The highest BCUT2D eigenvalue weighted by atomic mass is 35.5. The molecule has 1 heterocycles. The number of non-ortho nitro benzene ring substituents is 1. The zero-order valence-electron chi connectivity index (χ0n) is 14.5. The number of benzene rings is 2. The molecule has 0 unspecified atom stereocenters. The monoisotopic (exact) mass is 419 g/mol. The van der Waals surface area contributed by atoms with Crippen molar-refractivity contribution in [2.24, 2.45) is 12.1 Å². The maximum atomic E-state index is 11.4. The normalized spacial score (nSPS) is 11.4. The van der Waals surface area contributed by atoms with Gasteiger partial charge in [-0.3, -0.25) is 35.8 Å². The standard InChI is InChI=1S/C15H10ClN7O6/c1-20-15(10-5-3-2-4-9(10)14(16)19-20)18-17-13-11(22(26)27)6-8(21(24)25)7-12(13)23(28)29/h2-7,17H,1H3/b18-15+. The van der Waals surface area contributed by atoms with Crippen molar-refractivity contribution < 1.29 is 14.8 Å². The molecule has 0 aliphatic rings. The van der Waals surface area contributed by atoms with Crippen molar-refractivity contribution in [2.45, 2.75) is 0 Å². The van der Waals surface area contributed by atoms with Crippen LogP contribution in [0.5, 0.6) is 0 Å². The second-order valence-electron chi connectivity index (χ2n) is 5.64. The minimum Gasteiger partial charge on any atom is -0.264 e. The lowest BCUT2D eigenvalue weighted by atomic mass is 10.2. The molecule has 0 fully saturated rings. The third kappa shape index (κ3) is 3.66. The molecule has 13 nitrogen and oxygen atoms in total. The average molecular weight is 420 g/mol. The van der Waals surface area contributed by atoms with Crippen molar-refractivity contribution in [1.29, 1.82) is 0 Å². The van der Waals surface area contributed by atoms with Crippen molar-refractivity contribution in [3.8, 4) is 0 Å². The van der Waals surface area contributed by atoms with Gasteiger partial charge in [-0.2, -0.15) is 10.2 Å². The van der Waals surface area contributed by atoms with Gasteiger partial charge in [-0.1, -0.05) is 35.9 Å². The number of nitrogens with zero attached hydrogens (tertiary/aromatic N) is 6. The lowest BCUT2D eigenvalue weighted by Gasteiger charge is -2.07. The molecular formula is C15H10ClN7O6. The first-order chi connectivity index (χ1) is 13.7. The molecule has 1 aromatic heterocycles. The summed E-state index contributed by atoms with van der Waals surface area (Å²) in [6.07, 6.45) is 0. The largest absolute Gasteiger partial charge is 0.308 e. The molecule has 0 saturated heterocycles. The van der Waals surface area contributed by atoms with Crippen LogP contribution in [0, 0.1) is 30.3 Å². The van der Waals surface area contributed by atoms with Crippen LogP contribution in [0.2, 0.25) is 5.15 Å². The van der Waals surface area contributed by atoms with Gasteiger partial charge in [0.05, 0.1) is 26.9 Å². The van der Waals surface area contributed by atoms with E-state index in [-0.39, 0.29) is 10.6 Å². The number of halogens is 1. The van der Waals surface area contributed by atoms with E-state index in [1.807, 2.05) is 0 Å². The second kappa shape index (κ2) is 7.47. The summed E-state index contributed by atoms with van der Waals surface area (Å²) in [6.45, 7) is 0. The Kier molecular flexibility index (Phi) is 5.06. The third-order valence-corrected chi connectivity index (χ3v) is 4.17. The average Bonchev–Trinajstić information content (AvgIpc) is 2.67. The molecule has 3 rings (SSSR count). The number of nitro benzene ring substituents is 3. The van der Waals surface area contributed by atoms with Gasteiger partial charge in [0, 0.05) is 17.8 Å². The Hall–Kier alpha value is -4.13. The highest BCUT2D eigenvalue weighted by Crippen LogP contribution is 2.38. The zero-order chi connectivity index (χ0) is 21.3. The number of aromatic nitrogens is 2. The number of hydrogen-bond acceptors (Lipinski definition) is 9. The number of aryl methyl sites for hydroxylation is 1. The van der Waals surface area contributed by atoms with E-state index in [0.717, 1.165) is 0 Å². The van der Waals surface area contributed by atoms with Crippen LogP contribution in [-0.2, 0) is 7.05 Å². The van der Waals surface area contributed by atoms with Crippen LogP contribution in [0.15, 0.2) is 41.5 Å². The van der Waals surface area contributed by atoms with Gasteiger partial charge in [-0.25, -0.2) is 4.68 Å². The van der Waals surface area contributed by atoms with E-state index >= 15 is 0 Å². The summed E-state index contributed by atoms with van der Waals surface area (Å²) in [5.74, 6) is 0. The Balaban J connectivity index is 2.27. The Bertz CT molecular complexity index is 1220. The summed E-state index contributed by atoms with van der Waals surface area (Å²) < 4.78 is 1.28. The Morgan fingerprint density at radius 1 is 1.00 bits per heavy atom. The van der Waals surface area contributed by atoms with Crippen molar-refractivity contribution in [3.63, 3.8) is 0 Å². The zero-order valence-corrected chi connectivity index (χ0v) is 15.2. The maximum absolute atomic E-state index is 11.4. The molecular weight excluding hydrogens is 410 g/mol. The summed E-state index contributed by atoms with van der Waals surface area (Å²) in [4.78, 5) is 30.7. The van der Waals surface area contributed by atoms with E-state index in [4.69, 9.17) is 11.6 Å². The van der Waals surface area contributed by atoms with E-state index in [1.54, 1.807) is 24.3 Å². The highest BCUT2D eigenvalue weighted by molar-refractivity contribution is 6.34. The van der Waals surface area contributed by atoms with Gasteiger partial charge in [0.15, 0.2) is 10.6 Å². The van der Waals surface area contributed by atoms with Crippen LogP contribution in [0.1, 0.15) is 0 Å². The highest BCUT2D eigenvalue weighted by Gasteiger charge is 2.30. The molecule has 148 valence electrons. The summed E-state index contributed by atoms with van der Waals surface area (Å²) in [6, 6.07) is 8.00. The Labute approximate surface area is 165 Å². The second-order valence-corrected chi connectivity index (χ2v) is 6.00. The van der Waals surface area contributed by atoms with E-state index in [1.165, 1.54) is 11.7 Å². The lowest BCUT2D eigenvalue weighted by Crippen LogP contribution is -2.23. The van der Waals surface area contributed by atoms with Gasteiger partial charge < -0.3 is 0 Å². The predicted molar refractivity (Wildman–Crippen MR) is 101 cm³/mol. The van der Waals surface area contributed by atoms with E-state index in [0.29, 0.717) is 22.9 Å².